The first-order valence-corrected chi connectivity index (χ1v) is 7.97. The van der Waals surface area contributed by atoms with Gasteiger partial charge in [0.05, 0.1) is 12.2 Å². The van der Waals surface area contributed by atoms with Gasteiger partial charge in [-0.3, -0.25) is 0 Å². The molecule has 1 aromatic rings. The molecule has 1 saturated carbocycles. The Balaban J connectivity index is 2.18. The second-order valence-electron chi connectivity index (χ2n) is 7.46. The van der Waals surface area contributed by atoms with Crippen molar-refractivity contribution in [2.24, 2.45) is 11.3 Å². The molecule has 4 heteroatoms. The van der Waals surface area contributed by atoms with Crippen LogP contribution in [0.4, 0.5) is 0 Å². The van der Waals surface area contributed by atoms with Gasteiger partial charge in [-0.15, -0.1) is 0 Å². The molecule has 0 radical (unpaired) electrons. The molecule has 3 rings (SSSR count). The maximum Gasteiger partial charge on any atom is 0.335 e. The molecule has 0 bridgehead atoms. The van der Waals surface area contributed by atoms with Crippen molar-refractivity contribution in [3.63, 3.8) is 0 Å². The molecule has 0 aliphatic heterocycles. The van der Waals surface area contributed by atoms with Crippen LogP contribution in [0.5, 0.6) is 0 Å². The van der Waals surface area contributed by atoms with Gasteiger partial charge in [-0.2, -0.15) is 0 Å². The average molecular weight is 304 g/mol. The SMILES string of the molecule is C[C@@]1(CO)CCC[C@@]2(C)c3ccc(C(=O)O)cc3[C@H](CO)C12. The third-order valence-corrected chi connectivity index (χ3v) is 6.15. The van der Waals surface area contributed by atoms with E-state index in [0.717, 1.165) is 30.4 Å². The number of benzene rings is 1. The van der Waals surface area contributed by atoms with Crippen molar-refractivity contribution in [1.29, 1.82) is 0 Å². The minimum Gasteiger partial charge on any atom is -0.478 e. The number of carboxylic acid groups (broad SMARTS) is 1. The highest BCUT2D eigenvalue weighted by Crippen LogP contribution is 2.63. The van der Waals surface area contributed by atoms with Gasteiger partial charge in [0.2, 0.25) is 0 Å². The normalized spacial score (nSPS) is 36.7. The molecule has 4 nitrogen and oxygen atoms in total. The van der Waals surface area contributed by atoms with E-state index in [4.69, 9.17) is 0 Å². The van der Waals surface area contributed by atoms with Crippen molar-refractivity contribution in [3.8, 4) is 0 Å². The number of carbonyl (C=O) groups is 1. The average Bonchev–Trinajstić information content (AvgIpc) is 2.76. The van der Waals surface area contributed by atoms with Crippen LogP contribution < -0.4 is 0 Å². The number of carboxylic acids is 1. The molecule has 4 atom stereocenters. The molecule has 0 aromatic heterocycles. The van der Waals surface area contributed by atoms with E-state index in [9.17, 15) is 20.1 Å². The molecule has 22 heavy (non-hydrogen) atoms. The lowest BCUT2D eigenvalue weighted by Crippen LogP contribution is -2.47. The quantitative estimate of drug-likeness (QED) is 0.802. The molecule has 1 fully saturated rings. The highest BCUT2D eigenvalue weighted by atomic mass is 16.4. The molecule has 0 saturated heterocycles. The van der Waals surface area contributed by atoms with Crippen molar-refractivity contribution in [2.75, 3.05) is 13.2 Å². The van der Waals surface area contributed by atoms with E-state index >= 15 is 0 Å². The Morgan fingerprint density at radius 1 is 1.27 bits per heavy atom. The minimum absolute atomic E-state index is 0.00802. The van der Waals surface area contributed by atoms with Crippen LogP contribution in [0.2, 0.25) is 0 Å². The van der Waals surface area contributed by atoms with Gasteiger partial charge in [0, 0.05) is 12.5 Å². The second-order valence-corrected chi connectivity index (χ2v) is 7.46. The first-order chi connectivity index (χ1) is 10.4. The summed E-state index contributed by atoms with van der Waals surface area (Å²) in [5.41, 5.74) is 2.04. The van der Waals surface area contributed by atoms with Gasteiger partial charge in [0.15, 0.2) is 0 Å². The predicted molar refractivity (Wildman–Crippen MR) is 83.1 cm³/mol. The fraction of sp³-hybridized carbons (Fsp3) is 0.611. The Morgan fingerprint density at radius 2 is 2.00 bits per heavy atom. The van der Waals surface area contributed by atoms with Gasteiger partial charge < -0.3 is 15.3 Å². The lowest BCUT2D eigenvalue weighted by molar-refractivity contribution is -0.0211. The smallest absolute Gasteiger partial charge is 0.335 e. The van der Waals surface area contributed by atoms with E-state index in [1.165, 1.54) is 0 Å². The number of hydrogen-bond acceptors (Lipinski definition) is 3. The Kier molecular flexibility index (Phi) is 3.57. The zero-order valence-electron chi connectivity index (χ0n) is 13.2. The Morgan fingerprint density at radius 3 is 2.59 bits per heavy atom. The van der Waals surface area contributed by atoms with Crippen molar-refractivity contribution < 1.29 is 20.1 Å². The highest BCUT2D eigenvalue weighted by molar-refractivity contribution is 5.88. The van der Waals surface area contributed by atoms with Gasteiger partial charge >= 0.3 is 5.97 Å². The Bertz CT molecular complexity index is 611. The second kappa shape index (κ2) is 5.07. The molecule has 1 aromatic carbocycles. The van der Waals surface area contributed by atoms with Crippen molar-refractivity contribution >= 4 is 5.97 Å². The zero-order chi connectivity index (χ0) is 16.1. The summed E-state index contributed by atoms with van der Waals surface area (Å²) in [5.74, 6) is -0.899. The standard InChI is InChI=1S/C18H24O4/c1-17(10-20)6-3-7-18(2)14-5-4-11(16(21)22)8-12(14)13(9-19)15(17)18/h4-5,8,13,15,19-20H,3,6-7,9-10H2,1-2H3,(H,21,22)/t13-,15?,17-,18-/m0/s1. The number of aliphatic hydroxyl groups is 2. The fourth-order valence-corrected chi connectivity index (χ4v) is 5.25. The molecule has 0 spiro atoms. The van der Waals surface area contributed by atoms with Crippen LogP contribution in [0.25, 0.3) is 0 Å². The van der Waals surface area contributed by atoms with E-state index in [2.05, 4.69) is 13.8 Å². The minimum atomic E-state index is -0.940. The predicted octanol–water partition coefficient (Wildman–Crippen LogP) is 2.53. The molecular weight excluding hydrogens is 280 g/mol. The Hall–Kier alpha value is -1.39. The summed E-state index contributed by atoms with van der Waals surface area (Å²) < 4.78 is 0. The Labute approximate surface area is 130 Å². The molecule has 0 amide bonds. The van der Waals surface area contributed by atoms with Crippen molar-refractivity contribution in [3.05, 3.63) is 34.9 Å². The summed E-state index contributed by atoms with van der Waals surface area (Å²) in [5, 5.41) is 29.2. The van der Waals surface area contributed by atoms with Crippen LogP contribution in [-0.2, 0) is 5.41 Å². The molecule has 2 aliphatic carbocycles. The van der Waals surface area contributed by atoms with E-state index < -0.39 is 5.97 Å². The van der Waals surface area contributed by atoms with Crippen LogP contribution in [0.15, 0.2) is 18.2 Å². The van der Waals surface area contributed by atoms with Crippen LogP contribution in [0.3, 0.4) is 0 Å². The van der Waals surface area contributed by atoms with Gasteiger partial charge in [0.25, 0.3) is 0 Å². The molecular formula is C18H24O4. The number of hydrogen-bond donors (Lipinski definition) is 3. The summed E-state index contributed by atoms with van der Waals surface area (Å²) in [7, 11) is 0. The van der Waals surface area contributed by atoms with Crippen molar-refractivity contribution in [2.45, 2.75) is 44.4 Å². The summed E-state index contributed by atoms with van der Waals surface area (Å²) in [4.78, 5) is 11.3. The maximum atomic E-state index is 11.3. The van der Waals surface area contributed by atoms with Crippen LogP contribution >= 0.6 is 0 Å². The third kappa shape index (κ3) is 1.94. The zero-order valence-corrected chi connectivity index (χ0v) is 13.2. The molecule has 120 valence electrons. The summed E-state index contributed by atoms with van der Waals surface area (Å²) in [6, 6.07) is 5.30. The summed E-state index contributed by atoms with van der Waals surface area (Å²) in [6.45, 7) is 4.40. The van der Waals surface area contributed by atoms with Crippen molar-refractivity contribution in [1.82, 2.24) is 0 Å². The highest BCUT2D eigenvalue weighted by Gasteiger charge is 2.57. The summed E-state index contributed by atoms with van der Waals surface area (Å²) in [6.07, 6.45) is 3.01. The monoisotopic (exact) mass is 304 g/mol. The van der Waals surface area contributed by atoms with Gasteiger partial charge in [-0.05, 0) is 52.8 Å². The maximum absolute atomic E-state index is 11.3. The lowest BCUT2D eigenvalue weighted by atomic mass is 9.54. The van der Waals surface area contributed by atoms with E-state index in [-0.39, 0.29) is 41.4 Å². The van der Waals surface area contributed by atoms with E-state index in [0.29, 0.717) is 0 Å². The van der Waals surface area contributed by atoms with E-state index in [1.54, 1.807) is 12.1 Å². The van der Waals surface area contributed by atoms with Crippen LogP contribution in [-0.4, -0.2) is 34.5 Å². The first-order valence-electron chi connectivity index (χ1n) is 7.97. The fourth-order valence-electron chi connectivity index (χ4n) is 5.25. The number of aromatic carboxylic acids is 1. The number of aliphatic hydroxyl groups excluding tert-OH is 2. The molecule has 0 heterocycles. The summed E-state index contributed by atoms with van der Waals surface area (Å²) >= 11 is 0. The molecule has 1 unspecified atom stereocenters. The lowest BCUT2D eigenvalue weighted by Gasteiger charge is -2.50. The first kappa shape index (κ1) is 15.5. The molecule has 2 aliphatic rings. The van der Waals surface area contributed by atoms with Crippen LogP contribution in [0.1, 0.15) is 60.5 Å². The largest absolute Gasteiger partial charge is 0.478 e. The van der Waals surface area contributed by atoms with E-state index in [1.807, 2.05) is 6.07 Å². The molecule has 3 N–H and O–H groups in total. The van der Waals surface area contributed by atoms with Crippen LogP contribution in [0, 0.1) is 11.3 Å². The third-order valence-electron chi connectivity index (χ3n) is 6.15. The topological polar surface area (TPSA) is 77.8 Å². The van der Waals surface area contributed by atoms with Gasteiger partial charge in [0.1, 0.15) is 0 Å². The van der Waals surface area contributed by atoms with Gasteiger partial charge in [-0.25, -0.2) is 4.79 Å². The van der Waals surface area contributed by atoms with Gasteiger partial charge in [-0.1, -0.05) is 26.3 Å². The number of fused-ring (bicyclic) bond motifs is 3. The number of rotatable bonds is 3.